The van der Waals surface area contributed by atoms with Crippen LogP contribution in [0.15, 0.2) is 12.5 Å². The lowest BCUT2D eigenvalue weighted by atomic mass is 10.5. The summed E-state index contributed by atoms with van der Waals surface area (Å²) in [5.74, 6) is 0. The van der Waals surface area contributed by atoms with E-state index in [-0.39, 0.29) is 5.12 Å². The molecular formula is C5H6N2OS. The van der Waals surface area contributed by atoms with Crippen LogP contribution in [0.4, 0.5) is 0 Å². The molecule has 4 heteroatoms. The monoisotopic (exact) mass is 142 g/mol. The molecule has 3 nitrogen and oxygen atoms in total. The van der Waals surface area contributed by atoms with Gasteiger partial charge in [0.25, 0.3) is 0 Å². The van der Waals surface area contributed by atoms with Crippen LogP contribution in [-0.2, 0) is 0 Å². The summed E-state index contributed by atoms with van der Waals surface area (Å²) < 4.78 is 0. The summed E-state index contributed by atoms with van der Waals surface area (Å²) in [6, 6.07) is 0. The average molecular weight is 142 g/mol. The lowest BCUT2D eigenvalue weighted by Gasteiger charge is -1.86. The van der Waals surface area contributed by atoms with Crippen LogP contribution in [0.25, 0.3) is 0 Å². The maximum Gasteiger partial charge on any atom is 0.236 e. The van der Waals surface area contributed by atoms with Crippen molar-refractivity contribution in [2.24, 2.45) is 0 Å². The highest BCUT2D eigenvalue weighted by Crippen LogP contribution is 2.03. The Bertz CT molecular complexity index is 195. The molecule has 1 N–H and O–H groups in total. The van der Waals surface area contributed by atoms with Gasteiger partial charge in [-0.3, -0.25) is 4.79 Å². The number of imidazole rings is 1. The van der Waals surface area contributed by atoms with E-state index < -0.39 is 0 Å². The summed E-state index contributed by atoms with van der Waals surface area (Å²) >= 11 is 1.17. The molecule has 9 heavy (non-hydrogen) atoms. The Balaban J connectivity index is 2.77. The zero-order chi connectivity index (χ0) is 6.69. The van der Waals surface area contributed by atoms with Crippen LogP contribution in [0, 0.1) is 0 Å². The molecule has 0 aromatic carbocycles. The van der Waals surface area contributed by atoms with E-state index >= 15 is 0 Å². The molecule has 0 saturated carbocycles. The maximum absolute atomic E-state index is 10.8. The number of aromatic nitrogens is 2. The van der Waals surface area contributed by atoms with E-state index in [1.165, 1.54) is 24.3 Å². The first-order valence-electron chi connectivity index (χ1n) is 2.41. The van der Waals surface area contributed by atoms with E-state index in [9.17, 15) is 4.79 Å². The third-order valence-corrected chi connectivity index (χ3v) is 1.49. The highest BCUT2D eigenvalue weighted by Gasteiger charge is 2.02. The summed E-state index contributed by atoms with van der Waals surface area (Å²) in [4.78, 5) is 17.2. The number of rotatable bonds is 1. The van der Waals surface area contributed by atoms with Gasteiger partial charge in [-0.1, -0.05) is 11.8 Å². The second-order valence-corrected chi connectivity index (χ2v) is 2.24. The quantitative estimate of drug-likeness (QED) is 0.634. The van der Waals surface area contributed by atoms with E-state index in [0.717, 1.165) is 0 Å². The highest BCUT2D eigenvalue weighted by molar-refractivity contribution is 8.13. The molecule has 0 unspecified atom stereocenters. The van der Waals surface area contributed by atoms with Crippen molar-refractivity contribution in [1.82, 2.24) is 9.97 Å². The Morgan fingerprint density at radius 2 is 2.67 bits per heavy atom. The second-order valence-electron chi connectivity index (χ2n) is 1.46. The molecule has 0 atom stereocenters. The molecule has 0 amide bonds. The molecule has 0 spiro atoms. The van der Waals surface area contributed by atoms with Crippen molar-refractivity contribution in [3.63, 3.8) is 0 Å². The van der Waals surface area contributed by atoms with Gasteiger partial charge in [0.1, 0.15) is 5.69 Å². The first kappa shape index (κ1) is 6.35. The topological polar surface area (TPSA) is 45.8 Å². The number of hydrogen-bond donors (Lipinski definition) is 1. The molecule has 0 aliphatic carbocycles. The molecule has 0 saturated heterocycles. The molecule has 0 fully saturated rings. The van der Waals surface area contributed by atoms with Crippen LogP contribution in [-0.4, -0.2) is 21.3 Å². The molecule has 0 radical (unpaired) electrons. The lowest BCUT2D eigenvalue weighted by Crippen LogP contribution is -1.90. The second kappa shape index (κ2) is 2.68. The Hall–Kier alpha value is -0.770. The molecule has 0 bridgehead atoms. The normalized spacial score (nSPS) is 9.44. The first-order valence-corrected chi connectivity index (χ1v) is 3.63. The van der Waals surface area contributed by atoms with Crippen molar-refractivity contribution in [3.8, 4) is 0 Å². The zero-order valence-electron chi connectivity index (χ0n) is 4.92. The minimum Gasteiger partial charge on any atom is -0.341 e. The molecule has 1 rings (SSSR count). The van der Waals surface area contributed by atoms with Crippen molar-refractivity contribution in [2.75, 3.05) is 6.26 Å². The van der Waals surface area contributed by atoms with Crippen LogP contribution in [0.5, 0.6) is 0 Å². The Kier molecular flexibility index (Phi) is 1.89. The standard InChI is InChI=1S/C5H6N2OS/c1-9-5(8)4-2-6-3-7-4/h2-3H,1H3,(H,6,7). The van der Waals surface area contributed by atoms with E-state index in [4.69, 9.17) is 0 Å². The minimum absolute atomic E-state index is 0.0208. The zero-order valence-corrected chi connectivity index (χ0v) is 5.73. The van der Waals surface area contributed by atoms with Crippen molar-refractivity contribution < 1.29 is 4.79 Å². The third-order valence-electron chi connectivity index (χ3n) is 0.904. The van der Waals surface area contributed by atoms with E-state index in [0.29, 0.717) is 5.69 Å². The summed E-state index contributed by atoms with van der Waals surface area (Å²) in [6.07, 6.45) is 4.74. The van der Waals surface area contributed by atoms with Crippen molar-refractivity contribution in [1.29, 1.82) is 0 Å². The predicted molar refractivity (Wildman–Crippen MR) is 36.4 cm³/mol. The predicted octanol–water partition coefficient (Wildman–Crippen LogP) is 0.913. The summed E-state index contributed by atoms with van der Waals surface area (Å²) in [5.41, 5.74) is 0.558. The van der Waals surface area contributed by atoms with Gasteiger partial charge in [-0.25, -0.2) is 4.98 Å². The maximum atomic E-state index is 10.8. The fourth-order valence-electron chi connectivity index (χ4n) is 0.477. The fourth-order valence-corrected chi connectivity index (χ4v) is 0.809. The molecule has 0 aliphatic heterocycles. The summed E-state index contributed by atoms with van der Waals surface area (Å²) in [7, 11) is 0. The lowest BCUT2D eigenvalue weighted by molar-refractivity contribution is 0.108. The number of aromatic amines is 1. The van der Waals surface area contributed by atoms with E-state index in [1.54, 1.807) is 6.26 Å². The van der Waals surface area contributed by atoms with Crippen molar-refractivity contribution in [3.05, 3.63) is 18.2 Å². The summed E-state index contributed by atoms with van der Waals surface area (Å²) in [6.45, 7) is 0. The molecule has 48 valence electrons. The first-order chi connectivity index (χ1) is 4.34. The van der Waals surface area contributed by atoms with Crippen LogP contribution in [0.2, 0.25) is 0 Å². The van der Waals surface area contributed by atoms with Gasteiger partial charge in [0.15, 0.2) is 0 Å². The third kappa shape index (κ3) is 1.32. The number of carbonyl (C=O) groups is 1. The number of H-pyrrole nitrogens is 1. The number of nitrogens with zero attached hydrogens (tertiary/aromatic N) is 1. The van der Waals surface area contributed by atoms with Gasteiger partial charge in [0.2, 0.25) is 5.12 Å². The van der Waals surface area contributed by atoms with Gasteiger partial charge in [-0.2, -0.15) is 0 Å². The number of carbonyl (C=O) groups excluding carboxylic acids is 1. The number of thioether (sulfide) groups is 1. The van der Waals surface area contributed by atoms with E-state index in [2.05, 4.69) is 9.97 Å². The molecule has 1 aromatic heterocycles. The fraction of sp³-hybridized carbons (Fsp3) is 0.200. The van der Waals surface area contributed by atoms with Gasteiger partial charge >= 0.3 is 0 Å². The summed E-state index contributed by atoms with van der Waals surface area (Å²) in [5, 5.41) is 0.0208. The Labute approximate surface area is 56.9 Å². The molecule has 1 heterocycles. The van der Waals surface area contributed by atoms with Crippen LogP contribution >= 0.6 is 11.8 Å². The van der Waals surface area contributed by atoms with Crippen LogP contribution in [0.3, 0.4) is 0 Å². The van der Waals surface area contributed by atoms with Gasteiger partial charge in [-0.05, 0) is 6.26 Å². The number of nitrogens with one attached hydrogen (secondary N) is 1. The van der Waals surface area contributed by atoms with Gasteiger partial charge < -0.3 is 4.98 Å². The average Bonchev–Trinajstić information content (AvgIpc) is 2.37. The van der Waals surface area contributed by atoms with Crippen LogP contribution < -0.4 is 0 Å². The molecule has 1 aromatic rings. The van der Waals surface area contributed by atoms with Crippen molar-refractivity contribution in [2.45, 2.75) is 0 Å². The Morgan fingerprint density at radius 1 is 1.89 bits per heavy atom. The highest BCUT2D eigenvalue weighted by atomic mass is 32.2. The SMILES string of the molecule is CSC(=O)c1cnc[nH]1. The smallest absolute Gasteiger partial charge is 0.236 e. The van der Waals surface area contributed by atoms with Crippen molar-refractivity contribution >= 4 is 16.9 Å². The van der Waals surface area contributed by atoms with Crippen LogP contribution in [0.1, 0.15) is 10.5 Å². The Morgan fingerprint density at radius 3 is 3.11 bits per heavy atom. The van der Waals surface area contributed by atoms with E-state index in [1.807, 2.05) is 0 Å². The largest absolute Gasteiger partial charge is 0.341 e. The van der Waals surface area contributed by atoms with Gasteiger partial charge in [0, 0.05) is 0 Å². The number of hydrogen-bond acceptors (Lipinski definition) is 3. The minimum atomic E-state index is 0.0208. The van der Waals surface area contributed by atoms with Gasteiger partial charge in [0.05, 0.1) is 12.5 Å². The van der Waals surface area contributed by atoms with Gasteiger partial charge in [-0.15, -0.1) is 0 Å². The molecular weight excluding hydrogens is 136 g/mol. The molecule has 0 aliphatic rings.